The topological polar surface area (TPSA) is 47.6 Å². The quantitative estimate of drug-likeness (QED) is 0.644. The van der Waals surface area contributed by atoms with Gasteiger partial charge in [-0.3, -0.25) is 4.79 Å². The predicted octanol–water partition coefficient (Wildman–Crippen LogP) is 4.76. The molecule has 0 unspecified atom stereocenters. The van der Waals surface area contributed by atoms with Crippen LogP contribution in [-0.4, -0.2) is 19.6 Å². The molecule has 0 saturated carbocycles. The number of carbonyl (C=O) groups excluding carboxylic acids is 1. The lowest BCUT2D eigenvalue weighted by Crippen LogP contribution is -2.31. The van der Waals surface area contributed by atoms with Crippen molar-refractivity contribution in [3.05, 3.63) is 84.2 Å². The highest BCUT2D eigenvalue weighted by atomic mass is 19.1. The second-order valence-electron chi connectivity index (χ2n) is 6.36. The summed E-state index contributed by atoms with van der Waals surface area (Å²) in [5.74, 6) is 0.0363. The lowest BCUT2D eigenvalue weighted by molar-refractivity contribution is -0.123. The van der Waals surface area contributed by atoms with Gasteiger partial charge >= 0.3 is 0 Å². The molecule has 144 valence electrons. The average Bonchev–Trinajstić information content (AvgIpc) is 2.73. The minimum atomic E-state index is -0.462. The number of carbonyl (C=O) groups is 1. The van der Waals surface area contributed by atoms with Crippen molar-refractivity contribution >= 4 is 5.91 Å². The van der Waals surface area contributed by atoms with E-state index in [1.165, 1.54) is 19.2 Å². The Bertz CT molecular complexity index is 926. The van der Waals surface area contributed by atoms with Crippen molar-refractivity contribution in [3.8, 4) is 22.6 Å². The van der Waals surface area contributed by atoms with Gasteiger partial charge in [-0.25, -0.2) is 4.39 Å². The fourth-order valence-corrected chi connectivity index (χ4v) is 2.84. The molecule has 0 fully saturated rings. The summed E-state index contributed by atoms with van der Waals surface area (Å²) in [7, 11) is 1.41. The van der Waals surface area contributed by atoms with E-state index in [1.807, 2.05) is 54.6 Å². The Balaban J connectivity index is 1.53. The van der Waals surface area contributed by atoms with Crippen LogP contribution in [0, 0.1) is 5.82 Å². The zero-order chi connectivity index (χ0) is 19.9. The van der Waals surface area contributed by atoms with Gasteiger partial charge in [-0.2, -0.15) is 0 Å². The average molecular weight is 379 g/mol. The summed E-state index contributed by atoms with van der Waals surface area (Å²) in [5, 5.41) is 2.80. The van der Waals surface area contributed by atoms with E-state index in [9.17, 15) is 9.18 Å². The van der Waals surface area contributed by atoms with Crippen molar-refractivity contribution in [2.45, 2.75) is 13.0 Å². The molecule has 3 rings (SSSR count). The fourth-order valence-electron chi connectivity index (χ4n) is 2.84. The van der Waals surface area contributed by atoms with Crippen molar-refractivity contribution < 1.29 is 18.7 Å². The Morgan fingerprint density at radius 1 is 1.00 bits per heavy atom. The van der Waals surface area contributed by atoms with Crippen molar-refractivity contribution in [1.29, 1.82) is 0 Å². The molecule has 0 aliphatic rings. The molecule has 0 radical (unpaired) electrons. The van der Waals surface area contributed by atoms with E-state index in [2.05, 4.69) is 5.32 Å². The first-order valence-electron chi connectivity index (χ1n) is 8.98. The van der Waals surface area contributed by atoms with E-state index in [4.69, 9.17) is 9.47 Å². The Labute approximate surface area is 163 Å². The first kappa shape index (κ1) is 19.4. The van der Waals surface area contributed by atoms with Gasteiger partial charge in [0, 0.05) is 0 Å². The standard InChI is InChI=1S/C23H22FNO3/c1-16(19-10-13-22(27-2)21(24)14-19)25-23(26)15-28-20-11-8-18(9-12-20)17-6-4-3-5-7-17/h3-14,16H,15H2,1-2H3,(H,25,26)/t16-/m0/s1. The number of nitrogens with one attached hydrogen (secondary N) is 1. The smallest absolute Gasteiger partial charge is 0.258 e. The van der Waals surface area contributed by atoms with Crippen LogP contribution in [0.25, 0.3) is 11.1 Å². The number of halogens is 1. The van der Waals surface area contributed by atoms with Gasteiger partial charge in [-0.1, -0.05) is 48.5 Å². The van der Waals surface area contributed by atoms with Gasteiger partial charge in [0.1, 0.15) is 5.75 Å². The normalized spacial score (nSPS) is 11.5. The van der Waals surface area contributed by atoms with Crippen LogP contribution in [0.3, 0.4) is 0 Å². The fraction of sp³-hybridized carbons (Fsp3) is 0.174. The van der Waals surface area contributed by atoms with Crippen LogP contribution in [0.5, 0.6) is 11.5 Å². The molecular formula is C23H22FNO3. The first-order chi connectivity index (χ1) is 13.6. The van der Waals surface area contributed by atoms with Gasteiger partial charge in [0.2, 0.25) is 0 Å². The number of benzene rings is 3. The third-order valence-corrected chi connectivity index (χ3v) is 4.38. The van der Waals surface area contributed by atoms with Gasteiger partial charge < -0.3 is 14.8 Å². The highest BCUT2D eigenvalue weighted by molar-refractivity contribution is 5.78. The Hall–Kier alpha value is -3.34. The minimum Gasteiger partial charge on any atom is -0.494 e. The second-order valence-corrected chi connectivity index (χ2v) is 6.36. The molecule has 3 aromatic carbocycles. The van der Waals surface area contributed by atoms with Crippen LogP contribution in [-0.2, 0) is 4.79 Å². The molecule has 1 atom stereocenters. The summed E-state index contributed by atoms with van der Waals surface area (Å²) < 4.78 is 24.3. The summed E-state index contributed by atoms with van der Waals surface area (Å²) in [6.07, 6.45) is 0. The number of ether oxygens (including phenoxy) is 2. The lowest BCUT2D eigenvalue weighted by Gasteiger charge is -2.15. The second kappa shape index (κ2) is 9.04. The van der Waals surface area contributed by atoms with Crippen LogP contribution in [0.2, 0.25) is 0 Å². The maximum atomic E-state index is 13.8. The first-order valence-corrected chi connectivity index (χ1v) is 8.98. The van der Waals surface area contributed by atoms with Gasteiger partial charge in [-0.05, 0) is 47.9 Å². The summed E-state index contributed by atoms with van der Waals surface area (Å²) in [6, 6.07) is 21.8. The van der Waals surface area contributed by atoms with Gasteiger partial charge in [-0.15, -0.1) is 0 Å². The van der Waals surface area contributed by atoms with Crippen LogP contribution in [0.15, 0.2) is 72.8 Å². The monoisotopic (exact) mass is 379 g/mol. The SMILES string of the molecule is COc1ccc([C@H](C)NC(=O)COc2ccc(-c3ccccc3)cc2)cc1F. The molecule has 0 aliphatic heterocycles. The number of methoxy groups -OCH3 is 1. The molecule has 0 spiro atoms. The number of rotatable bonds is 7. The van der Waals surface area contributed by atoms with E-state index >= 15 is 0 Å². The largest absolute Gasteiger partial charge is 0.494 e. The molecule has 0 saturated heterocycles. The predicted molar refractivity (Wildman–Crippen MR) is 107 cm³/mol. The van der Waals surface area contributed by atoms with E-state index in [0.717, 1.165) is 11.1 Å². The zero-order valence-electron chi connectivity index (χ0n) is 15.8. The summed E-state index contributed by atoms with van der Waals surface area (Å²) in [5.41, 5.74) is 2.85. The van der Waals surface area contributed by atoms with Crippen LogP contribution >= 0.6 is 0 Å². The maximum absolute atomic E-state index is 13.8. The summed E-state index contributed by atoms with van der Waals surface area (Å²) >= 11 is 0. The molecule has 5 heteroatoms. The molecule has 3 aromatic rings. The van der Waals surface area contributed by atoms with Gasteiger partial charge in [0.25, 0.3) is 5.91 Å². The molecule has 28 heavy (non-hydrogen) atoms. The van der Waals surface area contributed by atoms with E-state index in [1.54, 1.807) is 13.0 Å². The van der Waals surface area contributed by atoms with Crippen LogP contribution in [0.1, 0.15) is 18.5 Å². The Kier molecular flexibility index (Phi) is 6.27. The van der Waals surface area contributed by atoms with Gasteiger partial charge in [0.05, 0.1) is 13.2 Å². The van der Waals surface area contributed by atoms with Crippen LogP contribution < -0.4 is 14.8 Å². The molecule has 0 aliphatic carbocycles. The Morgan fingerprint density at radius 2 is 1.68 bits per heavy atom. The van der Waals surface area contributed by atoms with E-state index in [0.29, 0.717) is 11.3 Å². The van der Waals surface area contributed by atoms with Crippen molar-refractivity contribution in [2.75, 3.05) is 13.7 Å². The molecule has 1 N–H and O–H groups in total. The maximum Gasteiger partial charge on any atom is 0.258 e. The summed E-state index contributed by atoms with van der Waals surface area (Å²) in [6.45, 7) is 1.67. The molecule has 1 amide bonds. The lowest BCUT2D eigenvalue weighted by atomic mass is 10.1. The highest BCUT2D eigenvalue weighted by Crippen LogP contribution is 2.23. The number of hydrogen-bond acceptors (Lipinski definition) is 3. The van der Waals surface area contributed by atoms with Gasteiger partial charge in [0.15, 0.2) is 18.2 Å². The molecule has 0 aromatic heterocycles. The minimum absolute atomic E-state index is 0.117. The summed E-state index contributed by atoms with van der Waals surface area (Å²) in [4.78, 5) is 12.1. The molecule has 0 bridgehead atoms. The third kappa shape index (κ3) is 4.88. The van der Waals surface area contributed by atoms with E-state index in [-0.39, 0.29) is 24.3 Å². The molecule has 0 heterocycles. The van der Waals surface area contributed by atoms with E-state index < -0.39 is 5.82 Å². The number of hydrogen-bond donors (Lipinski definition) is 1. The van der Waals surface area contributed by atoms with Crippen molar-refractivity contribution in [2.24, 2.45) is 0 Å². The Morgan fingerprint density at radius 3 is 2.32 bits per heavy atom. The zero-order valence-corrected chi connectivity index (χ0v) is 15.8. The van der Waals surface area contributed by atoms with Crippen molar-refractivity contribution in [1.82, 2.24) is 5.32 Å². The van der Waals surface area contributed by atoms with Crippen LogP contribution in [0.4, 0.5) is 4.39 Å². The van der Waals surface area contributed by atoms with Crippen molar-refractivity contribution in [3.63, 3.8) is 0 Å². The number of amides is 1. The highest BCUT2D eigenvalue weighted by Gasteiger charge is 2.13. The molecule has 4 nitrogen and oxygen atoms in total. The third-order valence-electron chi connectivity index (χ3n) is 4.38. The molecular weight excluding hydrogens is 357 g/mol.